The van der Waals surface area contributed by atoms with Crippen LogP contribution in [0.1, 0.15) is 19.3 Å². The van der Waals surface area contributed by atoms with Gasteiger partial charge in [0.1, 0.15) is 4.90 Å². The van der Waals surface area contributed by atoms with Gasteiger partial charge >= 0.3 is 0 Å². The van der Waals surface area contributed by atoms with Gasteiger partial charge in [-0.25, -0.2) is 21.9 Å². The molecule has 5 nitrogen and oxygen atoms in total. The fourth-order valence-corrected chi connectivity index (χ4v) is 3.09. The molecule has 0 radical (unpaired) electrons. The fourth-order valence-electron chi connectivity index (χ4n) is 1.85. The predicted octanol–water partition coefficient (Wildman–Crippen LogP) is 0.740. The molecule has 1 fully saturated rings. The van der Waals surface area contributed by atoms with Gasteiger partial charge in [0.05, 0.1) is 5.60 Å². The highest BCUT2D eigenvalue weighted by molar-refractivity contribution is 7.89. The van der Waals surface area contributed by atoms with Crippen molar-refractivity contribution in [3.8, 4) is 0 Å². The Balaban J connectivity index is 2.24. The standard InChI is InChI=1S/C11H14F2N2O3S/c12-8-4-7(14)5-9(10(8)13)19(17,18)15-6-11(16)2-1-3-11/h4-5,15-16H,1-3,6,14H2. The first kappa shape index (κ1) is 14.2. The number of rotatable bonds is 4. The van der Waals surface area contributed by atoms with E-state index < -0.39 is 32.2 Å². The lowest BCUT2D eigenvalue weighted by Crippen LogP contribution is -2.47. The van der Waals surface area contributed by atoms with Crippen molar-refractivity contribution >= 4 is 15.7 Å². The van der Waals surface area contributed by atoms with Gasteiger partial charge in [-0.3, -0.25) is 0 Å². The molecule has 1 aromatic rings. The second-order valence-corrected chi connectivity index (χ2v) is 6.45. The first-order chi connectivity index (χ1) is 8.73. The minimum Gasteiger partial charge on any atom is -0.399 e. The van der Waals surface area contributed by atoms with Crippen molar-refractivity contribution in [3.63, 3.8) is 0 Å². The third-order valence-corrected chi connectivity index (χ3v) is 4.58. The number of hydrogen-bond donors (Lipinski definition) is 3. The van der Waals surface area contributed by atoms with Gasteiger partial charge in [0.25, 0.3) is 0 Å². The first-order valence-corrected chi connectivity index (χ1v) is 7.18. The Hall–Kier alpha value is -1.25. The number of anilines is 1. The maximum Gasteiger partial charge on any atom is 0.243 e. The molecule has 0 spiro atoms. The average Bonchev–Trinajstić information content (AvgIpc) is 2.28. The van der Waals surface area contributed by atoms with Crippen LogP contribution >= 0.6 is 0 Å². The van der Waals surface area contributed by atoms with Crippen LogP contribution in [0.3, 0.4) is 0 Å². The van der Waals surface area contributed by atoms with Crippen molar-refractivity contribution in [1.82, 2.24) is 4.72 Å². The number of nitrogens with one attached hydrogen (secondary N) is 1. The molecule has 0 aliphatic heterocycles. The Morgan fingerprint density at radius 2 is 2.00 bits per heavy atom. The molecule has 0 saturated heterocycles. The van der Waals surface area contributed by atoms with Crippen LogP contribution in [0, 0.1) is 11.6 Å². The Bertz CT molecular complexity index is 600. The summed E-state index contributed by atoms with van der Waals surface area (Å²) in [4.78, 5) is -0.854. The second kappa shape index (κ2) is 4.69. The molecular weight excluding hydrogens is 278 g/mol. The largest absolute Gasteiger partial charge is 0.399 e. The van der Waals surface area contributed by atoms with Crippen LogP contribution in [0.25, 0.3) is 0 Å². The molecule has 1 saturated carbocycles. The Labute approximate surface area is 109 Å². The van der Waals surface area contributed by atoms with Crippen molar-refractivity contribution in [2.75, 3.05) is 12.3 Å². The number of hydrogen-bond acceptors (Lipinski definition) is 4. The normalized spacial score (nSPS) is 18.1. The topological polar surface area (TPSA) is 92.4 Å². The lowest BCUT2D eigenvalue weighted by atomic mass is 9.81. The lowest BCUT2D eigenvalue weighted by molar-refractivity contribution is -0.0271. The smallest absolute Gasteiger partial charge is 0.243 e. The summed E-state index contributed by atoms with van der Waals surface area (Å²) in [5.41, 5.74) is 4.01. The van der Waals surface area contributed by atoms with Gasteiger partial charge in [0, 0.05) is 12.2 Å². The average molecular weight is 292 g/mol. The summed E-state index contributed by atoms with van der Waals surface area (Å²) in [6, 6.07) is 1.54. The van der Waals surface area contributed by atoms with E-state index >= 15 is 0 Å². The molecule has 0 bridgehead atoms. The molecule has 19 heavy (non-hydrogen) atoms. The molecule has 0 unspecified atom stereocenters. The van der Waals surface area contributed by atoms with Gasteiger partial charge in [-0.05, 0) is 31.4 Å². The minimum absolute atomic E-state index is 0.193. The zero-order valence-electron chi connectivity index (χ0n) is 9.99. The van der Waals surface area contributed by atoms with Gasteiger partial charge in [-0.2, -0.15) is 0 Å². The number of nitrogen functional groups attached to an aromatic ring is 1. The summed E-state index contributed by atoms with van der Waals surface area (Å²) in [5, 5.41) is 9.78. The Morgan fingerprint density at radius 1 is 1.37 bits per heavy atom. The quantitative estimate of drug-likeness (QED) is 0.714. The van der Waals surface area contributed by atoms with Crippen LogP contribution in [0.4, 0.5) is 14.5 Å². The summed E-state index contributed by atoms with van der Waals surface area (Å²) in [5.74, 6) is -2.81. The molecule has 1 aliphatic rings. The lowest BCUT2D eigenvalue weighted by Gasteiger charge is -2.36. The molecule has 1 aromatic carbocycles. The van der Waals surface area contributed by atoms with Gasteiger partial charge in [0.2, 0.25) is 10.0 Å². The van der Waals surface area contributed by atoms with Crippen LogP contribution < -0.4 is 10.5 Å². The van der Waals surface area contributed by atoms with Crippen LogP contribution in [0.2, 0.25) is 0 Å². The third kappa shape index (κ3) is 2.85. The first-order valence-electron chi connectivity index (χ1n) is 5.70. The Kier molecular flexibility index (Phi) is 3.50. The zero-order valence-corrected chi connectivity index (χ0v) is 10.8. The van der Waals surface area contributed by atoms with Gasteiger partial charge < -0.3 is 10.8 Å². The van der Waals surface area contributed by atoms with Crippen molar-refractivity contribution in [2.24, 2.45) is 0 Å². The van der Waals surface area contributed by atoms with E-state index in [4.69, 9.17) is 5.73 Å². The highest BCUT2D eigenvalue weighted by atomic mass is 32.2. The third-order valence-electron chi connectivity index (χ3n) is 3.18. The van der Waals surface area contributed by atoms with Gasteiger partial charge in [0.15, 0.2) is 11.6 Å². The van der Waals surface area contributed by atoms with Crippen molar-refractivity contribution in [2.45, 2.75) is 29.8 Å². The van der Waals surface area contributed by atoms with Crippen molar-refractivity contribution < 1.29 is 22.3 Å². The maximum absolute atomic E-state index is 13.5. The number of halogens is 2. The van der Waals surface area contributed by atoms with E-state index in [0.717, 1.165) is 12.5 Å². The molecule has 1 aliphatic carbocycles. The minimum atomic E-state index is -4.25. The van der Waals surface area contributed by atoms with Crippen molar-refractivity contribution in [1.29, 1.82) is 0 Å². The molecule has 0 aromatic heterocycles. The monoisotopic (exact) mass is 292 g/mol. The number of nitrogens with two attached hydrogens (primary N) is 1. The number of benzene rings is 1. The van der Waals surface area contributed by atoms with Crippen LogP contribution in [0.15, 0.2) is 17.0 Å². The molecule has 2 rings (SSSR count). The van der Waals surface area contributed by atoms with E-state index in [-0.39, 0.29) is 12.2 Å². The molecule has 0 amide bonds. The predicted molar refractivity (Wildman–Crippen MR) is 64.8 cm³/mol. The van der Waals surface area contributed by atoms with E-state index in [0.29, 0.717) is 18.9 Å². The SMILES string of the molecule is Nc1cc(F)c(F)c(S(=O)(=O)NCC2(O)CCC2)c1. The van der Waals surface area contributed by atoms with E-state index in [1.54, 1.807) is 0 Å². The summed E-state index contributed by atoms with van der Waals surface area (Å²) >= 11 is 0. The van der Waals surface area contributed by atoms with E-state index in [1.807, 2.05) is 0 Å². The summed E-state index contributed by atoms with van der Waals surface area (Å²) in [7, 11) is -4.25. The van der Waals surface area contributed by atoms with E-state index in [9.17, 15) is 22.3 Å². The molecule has 4 N–H and O–H groups in total. The molecule has 8 heteroatoms. The molecule has 0 heterocycles. The van der Waals surface area contributed by atoms with Crippen molar-refractivity contribution in [3.05, 3.63) is 23.8 Å². The molecule has 0 atom stereocenters. The summed E-state index contributed by atoms with van der Waals surface area (Å²) < 4.78 is 52.4. The number of aliphatic hydroxyl groups is 1. The summed E-state index contributed by atoms with van der Waals surface area (Å²) in [6.07, 6.45) is 1.76. The molecular formula is C11H14F2N2O3S. The van der Waals surface area contributed by atoms with Crippen LogP contribution in [0.5, 0.6) is 0 Å². The van der Waals surface area contributed by atoms with E-state index in [2.05, 4.69) is 4.72 Å². The van der Waals surface area contributed by atoms with Gasteiger partial charge in [-0.15, -0.1) is 0 Å². The van der Waals surface area contributed by atoms with Crippen LogP contribution in [-0.4, -0.2) is 25.7 Å². The second-order valence-electron chi connectivity index (χ2n) is 4.72. The van der Waals surface area contributed by atoms with Gasteiger partial charge in [-0.1, -0.05) is 0 Å². The maximum atomic E-state index is 13.5. The Morgan fingerprint density at radius 3 is 2.53 bits per heavy atom. The van der Waals surface area contributed by atoms with E-state index in [1.165, 1.54) is 0 Å². The zero-order chi connectivity index (χ0) is 14.3. The van der Waals surface area contributed by atoms with Crippen LogP contribution in [-0.2, 0) is 10.0 Å². The summed E-state index contributed by atoms with van der Waals surface area (Å²) in [6.45, 7) is -0.231. The molecule has 106 valence electrons. The highest BCUT2D eigenvalue weighted by Gasteiger charge is 2.36. The fraction of sp³-hybridized carbons (Fsp3) is 0.455. The highest BCUT2D eigenvalue weighted by Crippen LogP contribution is 2.31. The number of sulfonamides is 1.